The van der Waals surface area contributed by atoms with E-state index in [9.17, 15) is 9.90 Å². The second-order valence-electron chi connectivity index (χ2n) is 5.42. The first-order valence-electron chi connectivity index (χ1n) is 7.65. The molecule has 0 unspecified atom stereocenters. The van der Waals surface area contributed by atoms with Gasteiger partial charge in [-0.3, -0.25) is 5.41 Å². The molecule has 4 N–H and O–H groups in total. The fourth-order valence-corrected chi connectivity index (χ4v) is 2.17. The third kappa shape index (κ3) is 4.32. The van der Waals surface area contributed by atoms with Crippen LogP contribution in [0.15, 0.2) is 42.0 Å². The number of nitrogens with two attached hydrogens (primary N) is 1. The molecule has 0 aliphatic heterocycles. The van der Waals surface area contributed by atoms with Crippen molar-refractivity contribution in [2.45, 2.75) is 6.92 Å². The molecule has 2 rings (SSSR count). The van der Waals surface area contributed by atoms with E-state index in [1.165, 1.54) is 26.4 Å². The number of methoxy groups -OCH3 is 2. The number of ether oxygens (including phenoxy) is 3. The molecule has 0 fully saturated rings. The molecule has 7 heteroatoms. The topological polar surface area (TPSA) is 115 Å². The van der Waals surface area contributed by atoms with Crippen molar-refractivity contribution in [2.24, 2.45) is 5.73 Å². The zero-order chi connectivity index (χ0) is 19.3. The van der Waals surface area contributed by atoms with Gasteiger partial charge in [-0.2, -0.15) is 0 Å². The van der Waals surface area contributed by atoms with Gasteiger partial charge in [-0.05, 0) is 43.3 Å². The van der Waals surface area contributed by atoms with Crippen LogP contribution in [0.1, 0.15) is 18.1 Å². The highest BCUT2D eigenvalue weighted by molar-refractivity contribution is 5.96. The minimum atomic E-state index is -0.582. The quantitative estimate of drug-likeness (QED) is 0.241. The van der Waals surface area contributed by atoms with E-state index in [0.29, 0.717) is 22.6 Å². The van der Waals surface area contributed by atoms with Crippen molar-refractivity contribution in [3.8, 4) is 23.0 Å². The van der Waals surface area contributed by atoms with Crippen LogP contribution in [0.2, 0.25) is 0 Å². The molecular weight excluding hydrogens is 336 g/mol. The Morgan fingerprint density at radius 3 is 2.31 bits per heavy atom. The Hall–Kier alpha value is -3.48. The van der Waals surface area contributed by atoms with E-state index >= 15 is 0 Å². The Balaban J connectivity index is 2.23. The minimum absolute atomic E-state index is 0.0681. The summed E-state index contributed by atoms with van der Waals surface area (Å²) in [7, 11) is 2.92. The van der Waals surface area contributed by atoms with Gasteiger partial charge in [0.25, 0.3) is 0 Å². The molecule has 0 atom stereocenters. The minimum Gasteiger partial charge on any atom is -0.504 e. The summed E-state index contributed by atoms with van der Waals surface area (Å²) in [6, 6.07) is 9.39. The number of esters is 1. The third-order valence-corrected chi connectivity index (χ3v) is 3.60. The van der Waals surface area contributed by atoms with Gasteiger partial charge in [0, 0.05) is 22.8 Å². The van der Waals surface area contributed by atoms with Gasteiger partial charge in [0.1, 0.15) is 17.3 Å². The fourth-order valence-electron chi connectivity index (χ4n) is 2.17. The lowest BCUT2D eigenvalue weighted by molar-refractivity contribution is -0.130. The second kappa shape index (κ2) is 8.06. The number of rotatable bonds is 6. The van der Waals surface area contributed by atoms with Gasteiger partial charge in [0.05, 0.1) is 14.2 Å². The summed E-state index contributed by atoms with van der Waals surface area (Å²) in [5.74, 6) is 0.276. The highest BCUT2D eigenvalue weighted by Gasteiger charge is 2.13. The number of nitrogen functional groups attached to an aromatic ring is 1. The SMILES string of the molecule is COc1cc(C=C(C)C(=O)Oc2ccc(C(=N)N)cc2)c(O)c(OC)c1. The maximum absolute atomic E-state index is 12.3. The van der Waals surface area contributed by atoms with Gasteiger partial charge < -0.3 is 25.1 Å². The van der Waals surface area contributed by atoms with Crippen molar-refractivity contribution in [1.29, 1.82) is 5.41 Å². The van der Waals surface area contributed by atoms with Crippen molar-refractivity contribution < 1.29 is 24.1 Å². The summed E-state index contributed by atoms with van der Waals surface area (Å²) in [4.78, 5) is 12.3. The number of aromatic hydroxyl groups is 1. The molecule has 0 aliphatic carbocycles. The van der Waals surface area contributed by atoms with Crippen LogP contribution in [0.4, 0.5) is 0 Å². The van der Waals surface area contributed by atoms with E-state index in [1.807, 2.05) is 0 Å². The van der Waals surface area contributed by atoms with E-state index in [1.54, 1.807) is 37.3 Å². The highest BCUT2D eigenvalue weighted by atomic mass is 16.5. The number of carbonyl (C=O) groups excluding carboxylic acids is 1. The molecule has 2 aromatic carbocycles. The molecule has 0 aliphatic rings. The number of phenols is 1. The normalized spacial score (nSPS) is 11.0. The summed E-state index contributed by atoms with van der Waals surface area (Å²) < 4.78 is 15.5. The predicted octanol–water partition coefficient (Wildman–Crippen LogP) is 2.70. The van der Waals surface area contributed by atoms with Crippen LogP contribution in [0.3, 0.4) is 0 Å². The molecule has 26 heavy (non-hydrogen) atoms. The van der Waals surface area contributed by atoms with Gasteiger partial charge >= 0.3 is 5.97 Å². The van der Waals surface area contributed by atoms with Crippen molar-refractivity contribution in [2.75, 3.05) is 14.2 Å². The van der Waals surface area contributed by atoms with Crippen LogP contribution < -0.4 is 19.9 Å². The number of nitrogens with one attached hydrogen (secondary N) is 1. The second-order valence-corrected chi connectivity index (χ2v) is 5.42. The van der Waals surface area contributed by atoms with Crippen LogP contribution in [-0.2, 0) is 4.79 Å². The lowest BCUT2D eigenvalue weighted by Gasteiger charge is -2.10. The molecule has 0 amide bonds. The molecule has 0 saturated heterocycles. The third-order valence-electron chi connectivity index (χ3n) is 3.60. The first-order chi connectivity index (χ1) is 12.3. The Labute approximate surface area is 151 Å². The zero-order valence-electron chi connectivity index (χ0n) is 14.7. The van der Waals surface area contributed by atoms with Crippen LogP contribution in [-0.4, -0.2) is 31.1 Å². The number of phenolic OH excluding ortho intramolecular Hbond substituents is 1. The van der Waals surface area contributed by atoms with Gasteiger partial charge in [-0.15, -0.1) is 0 Å². The van der Waals surface area contributed by atoms with E-state index < -0.39 is 5.97 Å². The summed E-state index contributed by atoms with van der Waals surface area (Å²) in [6.45, 7) is 1.57. The van der Waals surface area contributed by atoms with Crippen molar-refractivity contribution in [3.05, 3.63) is 53.1 Å². The van der Waals surface area contributed by atoms with Gasteiger partial charge in [-0.25, -0.2) is 4.79 Å². The molecule has 7 nitrogen and oxygen atoms in total. The van der Waals surface area contributed by atoms with Gasteiger partial charge in [0.15, 0.2) is 11.5 Å². The summed E-state index contributed by atoms with van der Waals surface area (Å²) in [5.41, 5.74) is 6.55. The average molecular weight is 356 g/mol. The first kappa shape index (κ1) is 18.9. The van der Waals surface area contributed by atoms with Crippen LogP contribution >= 0.6 is 0 Å². The molecule has 136 valence electrons. The van der Waals surface area contributed by atoms with E-state index in [4.69, 9.17) is 25.4 Å². The van der Waals surface area contributed by atoms with Crippen molar-refractivity contribution in [1.82, 2.24) is 0 Å². The molecule has 0 radical (unpaired) electrons. The molecule has 0 heterocycles. The van der Waals surface area contributed by atoms with Crippen LogP contribution in [0.25, 0.3) is 6.08 Å². The summed E-state index contributed by atoms with van der Waals surface area (Å²) in [5, 5.41) is 17.5. The largest absolute Gasteiger partial charge is 0.504 e. The lowest BCUT2D eigenvalue weighted by atomic mass is 10.1. The number of benzene rings is 2. The molecule has 0 bridgehead atoms. The van der Waals surface area contributed by atoms with E-state index in [-0.39, 0.29) is 22.9 Å². The summed E-state index contributed by atoms with van der Waals surface area (Å²) >= 11 is 0. The van der Waals surface area contributed by atoms with Crippen LogP contribution in [0.5, 0.6) is 23.0 Å². The molecular formula is C19H20N2O5. The number of hydrogen-bond donors (Lipinski definition) is 3. The number of carbonyl (C=O) groups is 1. The number of hydrogen-bond acceptors (Lipinski definition) is 6. The average Bonchev–Trinajstić information content (AvgIpc) is 2.63. The first-order valence-corrected chi connectivity index (χ1v) is 7.65. The Bertz CT molecular complexity index is 857. The Kier molecular flexibility index (Phi) is 5.85. The summed E-state index contributed by atoms with van der Waals surface area (Å²) in [6.07, 6.45) is 1.48. The molecule has 0 saturated carbocycles. The highest BCUT2D eigenvalue weighted by Crippen LogP contribution is 2.35. The number of amidine groups is 1. The van der Waals surface area contributed by atoms with E-state index in [2.05, 4.69) is 0 Å². The monoisotopic (exact) mass is 356 g/mol. The van der Waals surface area contributed by atoms with E-state index in [0.717, 1.165) is 0 Å². The van der Waals surface area contributed by atoms with Crippen molar-refractivity contribution in [3.63, 3.8) is 0 Å². The standard InChI is InChI=1S/C19H20N2O5/c1-11(8-13-9-15(24-2)10-16(25-3)17(13)22)19(23)26-14-6-4-12(5-7-14)18(20)21/h4-10,22H,1-3H3,(H3,20,21). The molecule has 0 spiro atoms. The van der Waals surface area contributed by atoms with Crippen molar-refractivity contribution >= 4 is 17.9 Å². The maximum atomic E-state index is 12.3. The maximum Gasteiger partial charge on any atom is 0.339 e. The fraction of sp³-hybridized carbons (Fsp3) is 0.158. The zero-order valence-corrected chi connectivity index (χ0v) is 14.7. The smallest absolute Gasteiger partial charge is 0.339 e. The molecule has 0 aromatic heterocycles. The van der Waals surface area contributed by atoms with Gasteiger partial charge in [0.2, 0.25) is 0 Å². The van der Waals surface area contributed by atoms with Crippen LogP contribution in [0, 0.1) is 5.41 Å². The lowest BCUT2D eigenvalue weighted by Crippen LogP contribution is -2.12. The Morgan fingerprint density at radius 2 is 1.77 bits per heavy atom. The Morgan fingerprint density at radius 1 is 1.12 bits per heavy atom. The predicted molar refractivity (Wildman–Crippen MR) is 98.0 cm³/mol. The van der Waals surface area contributed by atoms with Gasteiger partial charge in [-0.1, -0.05) is 0 Å². The molecule has 2 aromatic rings.